The molecule has 3 aliphatic rings. The Labute approximate surface area is 196 Å². The van der Waals surface area contributed by atoms with Gasteiger partial charge in [0.05, 0.1) is 24.1 Å². The lowest BCUT2D eigenvalue weighted by molar-refractivity contribution is 0.0628. The van der Waals surface area contributed by atoms with Gasteiger partial charge in [-0.15, -0.1) is 15.3 Å². The molecule has 4 atom stereocenters. The Hall–Kier alpha value is -3.61. The third-order valence-electron chi connectivity index (χ3n) is 7.42. The number of aromatic nitrogens is 6. The predicted molar refractivity (Wildman–Crippen MR) is 121 cm³/mol. The number of halogens is 1. The van der Waals surface area contributed by atoms with Crippen LogP contribution in [0.1, 0.15) is 50.6 Å². The summed E-state index contributed by atoms with van der Waals surface area (Å²) in [4.78, 5) is 6.66. The smallest absolute Gasteiger partial charge is 0.245 e. The topological polar surface area (TPSA) is 117 Å². The Morgan fingerprint density at radius 1 is 1.12 bits per heavy atom. The van der Waals surface area contributed by atoms with Crippen LogP contribution in [0.4, 0.5) is 10.3 Å². The standard InChI is InChI=1S/C24H25FN8O/c25-23-15-3-1-2-14(8-15)9-21(23)33(17-4-5-17)24-27-12-20(29-30-24)19-7-6-18(10-22(19)34)32-13-16(11-26)28-31-32/h6-7,10,12-15,17,21,23,34H,1-5,8-9H2/t14-,15+,21-,23+/m0/s1. The number of phenols is 1. The monoisotopic (exact) mass is 460 g/mol. The molecule has 34 heavy (non-hydrogen) atoms. The van der Waals surface area contributed by atoms with E-state index in [0.29, 0.717) is 28.8 Å². The van der Waals surface area contributed by atoms with E-state index in [4.69, 9.17) is 5.26 Å². The number of hydrogen-bond acceptors (Lipinski definition) is 8. The second kappa shape index (κ2) is 8.31. The highest BCUT2D eigenvalue weighted by Gasteiger charge is 2.47. The maximum absolute atomic E-state index is 15.5. The van der Waals surface area contributed by atoms with Crippen LogP contribution in [0, 0.1) is 23.2 Å². The molecular formula is C24H25FN8O. The number of hydrogen-bond donors (Lipinski definition) is 1. The van der Waals surface area contributed by atoms with Gasteiger partial charge in [0.2, 0.25) is 5.95 Å². The van der Waals surface area contributed by atoms with E-state index in [0.717, 1.165) is 38.5 Å². The van der Waals surface area contributed by atoms with Crippen LogP contribution in [0.3, 0.4) is 0 Å². The zero-order valence-corrected chi connectivity index (χ0v) is 18.6. The molecule has 0 radical (unpaired) electrons. The Bertz CT molecular complexity index is 1230. The van der Waals surface area contributed by atoms with Crippen LogP contribution in [0.25, 0.3) is 16.9 Å². The summed E-state index contributed by atoms with van der Waals surface area (Å²) in [7, 11) is 0. The lowest BCUT2D eigenvalue weighted by atomic mass is 9.69. The maximum Gasteiger partial charge on any atom is 0.245 e. The number of anilines is 1. The summed E-state index contributed by atoms with van der Waals surface area (Å²) in [5.41, 5.74) is 1.65. The van der Waals surface area contributed by atoms with Crippen molar-refractivity contribution in [1.82, 2.24) is 30.2 Å². The highest BCUT2D eigenvalue weighted by atomic mass is 19.1. The van der Waals surface area contributed by atoms with Gasteiger partial charge in [-0.3, -0.25) is 0 Å². The van der Waals surface area contributed by atoms with Gasteiger partial charge < -0.3 is 10.0 Å². The molecule has 9 nitrogen and oxygen atoms in total. The third-order valence-corrected chi connectivity index (χ3v) is 7.42. The van der Waals surface area contributed by atoms with Gasteiger partial charge in [-0.1, -0.05) is 18.1 Å². The number of fused-ring (bicyclic) bond motifs is 2. The van der Waals surface area contributed by atoms with Crippen molar-refractivity contribution in [2.24, 2.45) is 11.8 Å². The van der Waals surface area contributed by atoms with E-state index in [1.807, 2.05) is 6.07 Å². The molecule has 3 fully saturated rings. The van der Waals surface area contributed by atoms with Crippen molar-refractivity contribution >= 4 is 5.95 Å². The van der Waals surface area contributed by atoms with Gasteiger partial charge in [-0.2, -0.15) is 5.26 Å². The van der Waals surface area contributed by atoms with Gasteiger partial charge in [0.25, 0.3) is 0 Å². The fourth-order valence-electron chi connectivity index (χ4n) is 5.65. The van der Waals surface area contributed by atoms with Crippen LogP contribution in [0.2, 0.25) is 0 Å². The molecule has 2 aromatic heterocycles. The van der Waals surface area contributed by atoms with Crippen molar-refractivity contribution in [2.45, 2.75) is 63.2 Å². The number of benzene rings is 1. The summed E-state index contributed by atoms with van der Waals surface area (Å²) < 4.78 is 16.9. The SMILES string of the molecule is N#Cc1cn(-c2ccc(-c3cnc(N(C4CC4)[C@H]4C[C@H]5CCC[C@H](C5)[C@H]4F)nn3)c(O)c2)nn1. The first-order valence-electron chi connectivity index (χ1n) is 11.9. The van der Waals surface area contributed by atoms with E-state index in [1.54, 1.807) is 18.3 Å². The van der Waals surface area contributed by atoms with Crippen LogP contribution in [-0.4, -0.2) is 53.5 Å². The van der Waals surface area contributed by atoms with Crippen molar-refractivity contribution < 1.29 is 9.50 Å². The van der Waals surface area contributed by atoms with Crippen LogP contribution >= 0.6 is 0 Å². The molecule has 3 saturated carbocycles. The van der Waals surface area contributed by atoms with Crippen molar-refractivity contribution in [3.63, 3.8) is 0 Å². The summed E-state index contributed by atoms with van der Waals surface area (Å²) in [5.74, 6) is 1.20. The summed E-state index contributed by atoms with van der Waals surface area (Å²) in [6, 6.07) is 6.98. The summed E-state index contributed by atoms with van der Waals surface area (Å²) in [5, 5.41) is 35.9. The Morgan fingerprint density at radius 2 is 2.00 bits per heavy atom. The van der Waals surface area contributed by atoms with Crippen LogP contribution in [-0.2, 0) is 0 Å². The molecule has 1 aromatic carbocycles. The lowest BCUT2D eigenvalue weighted by Crippen LogP contribution is -2.52. The molecule has 0 unspecified atom stereocenters. The van der Waals surface area contributed by atoms with Crippen LogP contribution in [0.15, 0.2) is 30.6 Å². The molecule has 6 rings (SSSR count). The molecule has 2 heterocycles. The average Bonchev–Trinajstić information content (AvgIpc) is 3.57. The van der Waals surface area contributed by atoms with Crippen molar-refractivity contribution in [3.05, 3.63) is 36.3 Å². The zero-order chi connectivity index (χ0) is 23.2. The van der Waals surface area contributed by atoms with E-state index in [2.05, 4.69) is 30.4 Å². The number of rotatable bonds is 5. The van der Waals surface area contributed by atoms with E-state index in [9.17, 15) is 5.11 Å². The molecule has 0 aliphatic heterocycles. The summed E-state index contributed by atoms with van der Waals surface area (Å²) in [6.45, 7) is 0. The molecule has 174 valence electrons. The minimum Gasteiger partial charge on any atom is -0.507 e. The summed E-state index contributed by atoms with van der Waals surface area (Å²) >= 11 is 0. The first kappa shape index (κ1) is 21.0. The van der Waals surface area contributed by atoms with Gasteiger partial charge in [-0.25, -0.2) is 14.1 Å². The second-order valence-electron chi connectivity index (χ2n) is 9.68. The van der Waals surface area contributed by atoms with E-state index >= 15 is 4.39 Å². The fourth-order valence-corrected chi connectivity index (χ4v) is 5.65. The number of aromatic hydroxyl groups is 1. The van der Waals surface area contributed by atoms with E-state index < -0.39 is 6.17 Å². The van der Waals surface area contributed by atoms with E-state index in [-0.39, 0.29) is 29.4 Å². The minimum atomic E-state index is -0.852. The van der Waals surface area contributed by atoms with Crippen LogP contribution in [0.5, 0.6) is 5.75 Å². The van der Waals surface area contributed by atoms with Gasteiger partial charge >= 0.3 is 0 Å². The molecule has 0 spiro atoms. The largest absolute Gasteiger partial charge is 0.507 e. The fraction of sp³-hybridized carbons (Fsp3) is 0.500. The Morgan fingerprint density at radius 3 is 2.71 bits per heavy atom. The Kier molecular flexibility index (Phi) is 5.12. The highest BCUT2D eigenvalue weighted by Crippen LogP contribution is 2.46. The minimum absolute atomic E-state index is 0.0154. The molecule has 3 aromatic rings. The van der Waals surface area contributed by atoms with E-state index in [1.165, 1.54) is 23.4 Å². The lowest BCUT2D eigenvalue weighted by Gasteiger charge is -2.46. The van der Waals surface area contributed by atoms with Crippen molar-refractivity contribution in [3.8, 4) is 28.8 Å². The highest BCUT2D eigenvalue weighted by molar-refractivity contribution is 5.68. The van der Waals surface area contributed by atoms with Crippen molar-refractivity contribution in [1.29, 1.82) is 5.26 Å². The number of nitrogens with zero attached hydrogens (tertiary/aromatic N) is 8. The second-order valence-corrected chi connectivity index (χ2v) is 9.68. The predicted octanol–water partition coefficient (Wildman–Crippen LogP) is 3.58. The first-order chi connectivity index (χ1) is 16.6. The zero-order valence-electron chi connectivity index (χ0n) is 18.6. The number of alkyl halides is 1. The molecular weight excluding hydrogens is 435 g/mol. The average molecular weight is 461 g/mol. The normalized spacial score (nSPS) is 26.1. The molecule has 0 saturated heterocycles. The molecule has 1 N–H and O–H groups in total. The summed E-state index contributed by atoms with van der Waals surface area (Å²) in [6.07, 6.45) is 9.45. The number of phenolic OH excluding ortho intramolecular Hbond substituents is 1. The Balaban J connectivity index is 1.25. The molecule has 0 amide bonds. The molecule has 2 bridgehead atoms. The maximum atomic E-state index is 15.5. The number of nitriles is 1. The van der Waals surface area contributed by atoms with Gasteiger partial charge in [0.15, 0.2) is 5.69 Å². The quantitative estimate of drug-likeness (QED) is 0.614. The van der Waals surface area contributed by atoms with Gasteiger partial charge in [0, 0.05) is 17.7 Å². The molecule has 10 heteroatoms. The van der Waals surface area contributed by atoms with Crippen LogP contribution < -0.4 is 4.90 Å². The van der Waals surface area contributed by atoms with Gasteiger partial charge in [0.1, 0.15) is 23.7 Å². The third kappa shape index (κ3) is 3.75. The van der Waals surface area contributed by atoms with Crippen molar-refractivity contribution in [2.75, 3.05) is 4.90 Å². The first-order valence-corrected chi connectivity index (χ1v) is 11.9. The van der Waals surface area contributed by atoms with Gasteiger partial charge in [-0.05, 0) is 56.1 Å². The molecule has 3 aliphatic carbocycles.